The molecule has 2 aromatic carbocycles. The summed E-state index contributed by atoms with van der Waals surface area (Å²) in [6.45, 7) is -0.581. The molecule has 1 amide bonds. The van der Waals surface area contributed by atoms with Crippen molar-refractivity contribution in [2.24, 2.45) is 0 Å². The van der Waals surface area contributed by atoms with Gasteiger partial charge in [0.2, 0.25) is 0 Å². The van der Waals surface area contributed by atoms with Gasteiger partial charge in [-0.05, 0) is 23.3 Å². The fourth-order valence-corrected chi connectivity index (χ4v) is 2.36. The van der Waals surface area contributed by atoms with Crippen LogP contribution in [0.3, 0.4) is 0 Å². The van der Waals surface area contributed by atoms with Crippen LogP contribution in [0.25, 0.3) is 0 Å². The Bertz CT molecular complexity index is 851. The smallest absolute Gasteiger partial charge is 0.271 e. The molecule has 0 aliphatic carbocycles. The lowest BCUT2D eigenvalue weighted by Crippen LogP contribution is -2.39. The van der Waals surface area contributed by atoms with Gasteiger partial charge < -0.3 is 25.5 Å². The van der Waals surface area contributed by atoms with E-state index >= 15 is 0 Å². The number of phenolic OH excluding ortho intramolecular Hbond substituents is 4. The largest absolute Gasteiger partial charge is 0.504 e. The van der Waals surface area contributed by atoms with Crippen LogP contribution in [0.1, 0.15) is 31.8 Å². The normalized spacial score (nSPS) is 10.5. The Labute approximate surface area is 148 Å². The van der Waals surface area contributed by atoms with Crippen LogP contribution >= 0.6 is 0 Å². The molecule has 138 valence electrons. The summed E-state index contributed by atoms with van der Waals surface area (Å²) in [7, 11) is 1.34. The van der Waals surface area contributed by atoms with Gasteiger partial charge in [-0.3, -0.25) is 14.6 Å². The maximum Gasteiger partial charge on any atom is 0.271 e. The minimum atomic E-state index is -0.738. The zero-order valence-corrected chi connectivity index (χ0v) is 13.8. The summed E-state index contributed by atoms with van der Waals surface area (Å²) in [5.74, 6) is -2.92. The standard InChI is InChI=1S/C17H18N2O7/c1-19(17(26)14-10(7-20)3-5-13(23)16(14)25)18-6-9-2-4-12(22)15(24)11(9)8-21/h2-5,8,18,20,22-25H,6-7H2,1H3. The van der Waals surface area contributed by atoms with Gasteiger partial charge in [-0.25, -0.2) is 5.43 Å². The van der Waals surface area contributed by atoms with E-state index in [9.17, 15) is 35.1 Å². The highest BCUT2D eigenvalue weighted by atomic mass is 16.3. The number of aromatic hydroxyl groups is 4. The molecular formula is C17H18N2O7. The summed E-state index contributed by atoms with van der Waals surface area (Å²) in [5.41, 5.74) is 2.71. The average Bonchev–Trinajstić information content (AvgIpc) is 2.63. The summed E-state index contributed by atoms with van der Waals surface area (Å²) in [4.78, 5) is 23.6. The van der Waals surface area contributed by atoms with Crippen LogP contribution in [0.2, 0.25) is 0 Å². The molecule has 0 radical (unpaired) electrons. The third-order valence-corrected chi connectivity index (χ3v) is 3.84. The summed E-state index contributed by atoms with van der Waals surface area (Å²) in [6, 6.07) is 5.06. The maximum absolute atomic E-state index is 12.5. The number of carbonyl (C=O) groups excluding carboxylic acids is 2. The molecule has 0 fully saturated rings. The first-order valence-electron chi connectivity index (χ1n) is 7.47. The molecule has 0 unspecified atom stereocenters. The third-order valence-electron chi connectivity index (χ3n) is 3.84. The number of amides is 1. The van der Waals surface area contributed by atoms with Crippen LogP contribution in [0.5, 0.6) is 23.0 Å². The first-order chi connectivity index (χ1) is 12.3. The van der Waals surface area contributed by atoms with Crippen LogP contribution in [0.4, 0.5) is 0 Å². The number of hydrazine groups is 1. The van der Waals surface area contributed by atoms with E-state index in [4.69, 9.17) is 0 Å². The topological polar surface area (TPSA) is 151 Å². The Morgan fingerprint density at radius 3 is 2.19 bits per heavy atom. The molecule has 9 nitrogen and oxygen atoms in total. The van der Waals surface area contributed by atoms with Crippen molar-refractivity contribution in [2.45, 2.75) is 13.2 Å². The molecule has 0 aliphatic rings. The number of hydrogen-bond donors (Lipinski definition) is 6. The second-order valence-corrected chi connectivity index (χ2v) is 5.45. The molecule has 0 heterocycles. The van der Waals surface area contributed by atoms with Crippen LogP contribution in [-0.4, -0.2) is 49.8 Å². The lowest BCUT2D eigenvalue weighted by Gasteiger charge is -2.21. The number of carbonyl (C=O) groups is 2. The van der Waals surface area contributed by atoms with Gasteiger partial charge in [-0.15, -0.1) is 0 Å². The lowest BCUT2D eigenvalue weighted by molar-refractivity contribution is 0.0704. The fraction of sp³-hybridized carbons (Fsp3) is 0.176. The van der Waals surface area contributed by atoms with Crippen molar-refractivity contribution in [2.75, 3.05) is 7.05 Å². The minimum absolute atomic E-state index is 0.0574. The molecule has 0 saturated heterocycles. The highest BCUT2D eigenvalue weighted by molar-refractivity contribution is 5.98. The van der Waals surface area contributed by atoms with E-state index in [0.717, 1.165) is 11.1 Å². The quantitative estimate of drug-likeness (QED) is 0.248. The van der Waals surface area contributed by atoms with Crippen molar-refractivity contribution in [3.05, 3.63) is 46.5 Å². The Kier molecular flexibility index (Phi) is 5.65. The van der Waals surface area contributed by atoms with E-state index in [1.165, 1.54) is 25.2 Å². The van der Waals surface area contributed by atoms with Crippen LogP contribution in [0.15, 0.2) is 24.3 Å². The van der Waals surface area contributed by atoms with Gasteiger partial charge in [-0.2, -0.15) is 0 Å². The second-order valence-electron chi connectivity index (χ2n) is 5.45. The molecule has 9 heteroatoms. The highest BCUT2D eigenvalue weighted by Gasteiger charge is 2.22. The number of aliphatic hydroxyl groups is 1. The van der Waals surface area contributed by atoms with Crippen LogP contribution in [-0.2, 0) is 13.2 Å². The van der Waals surface area contributed by atoms with Crippen molar-refractivity contribution in [1.29, 1.82) is 0 Å². The first-order valence-corrected chi connectivity index (χ1v) is 7.47. The summed E-state index contributed by atoms with van der Waals surface area (Å²) >= 11 is 0. The van der Waals surface area contributed by atoms with E-state index in [2.05, 4.69) is 5.43 Å². The van der Waals surface area contributed by atoms with Crippen molar-refractivity contribution in [1.82, 2.24) is 10.4 Å². The Hall–Kier alpha value is -3.30. The summed E-state index contributed by atoms with van der Waals surface area (Å²) in [6.07, 6.45) is 0.374. The summed E-state index contributed by atoms with van der Waals surface area (Å²) in [5, 5.41) is 48.9. The number of benzene rings is 2. The molecule has 2 aromatic rings. The number of rotatable bonds is 6. The number of aliphatic hydroxyl groups excluding tert-OH is 1. The van der Waals surface area contributed by atoms with E-state index in [-0.39, 0.29) is 23.2 Å². The third kappa shape index (κ3) is 3.53. The number of aldehydes is 1. The molecule has 26 heavy (non-hydrogen) atoms. The number of phenols is 4. The molecule has 0 bridgehead atoms. The Balaban J connectivity index is 2.23. The van der Waals surface area contributed by atoms with Crippen molar-refractivity contribution in [3.8, 4) is 23.0 Å². The summed E-state index contributed by atoms with van der Waals surface area (Å²) < 4.78 is 0. The maximum atomic E-state index is 12.5. The highest BCUT2D eigenvalue weighted by Crippen LogP contribution is 2.32. The van der Waals surface area contributed by atoms with Crippen molar-refractivity contribution >= 4 is 12.2 Å². The average molecular weight is 362 g/mol. The van der Waals surface area contributed by atoms with Gasteiger partial charge in [0.25, 0.3) is 5.91 Å². The van der Waals surface area contributed by atoms with E-state index in [0.29, 0.717) is 11.8 Å². The van der Waals surface area contributed by atoms with Gasteiger partial charge in [0.05, 0.1) is 17.7 Å². The van der Waals surface area contributed by atoms with Crippen molar-refractivity contribution in [3.63, 3.8) is 0 Å². The molecule has 0 atom stereocenters. The molecule has 0 aromatic heterocycles. The molecule has 0 saturated carbocycles. The van der Waals surface area contributed by atoms with Crippen LogP contribution in [0, 0.1) is 0 Å². The lowest BCUT2D eigenvalue weighted by atomic mass is 10.1. The fourth-order valence-electron chi connectivity index (χ4n) is 2.36. The predicted octanol–water partition coefficient (Wildman–Crippen LogP) is 0.591. The minimum Gasteiger partial charge on any atom is -0.504 e. The number of hydrogen-bond acceptors (Lipinski definition) is 8. The van der Waals surface area contributed by atoms with E-state index in [1.54, 1.807) is 0 Å². The SMILES string of the molecule is CN(NCc1ccc(O)c(O)c1C=O)C(=O)c1c(CO)ccc(O)c1O. The Morgan fingerprint density at radius 1 is 1.04 bits per heavy atom. The Morgan fingerprint density at radius 2 is 1.62 bits per heavy atom. The predicted molar refractivity (Wildman–Crippen MR) is 89.8 cm³/mol. The molecule has 0 spiro atoms. The van der Waals surface area contributed by atoms with E-state index in [1.807, 2.05) is 0 Å². The zero-order chi connectivity index (χ0) is 19.4. The molecular weight excluding hydrogens is 344 g/mol. The second kappa shape index (κ2) is 7.72. The van der Waals surface area contributed by atoms with Crippen molar-refractivity contribution < 1.29 is 35.1 Å². The van der Waals surface area contributed by atoms with Gasteiger partial charge in [-0.1, -0.05) is 12.1 Å². The number of nitrogens with one attached hydrogen (secondary N) is 1. The van der Waals surface area contributed by atoms with Gasteiger partial charge >= 0.3 is 0 Å². The van der Waals surface area contributed by atoms with Gasteiger partial charge in [0, 0.05) is 13.6 Å². The molecule has 6 N–H and O–H groups in total. The van der Waals surface area contributed by atoms with Crippen LogP contribution < -0.4 is 5.43 Å². The zero-order valence-electron chi connectivity index (χ0n) is 13.8. The van der Waals surface area contributed by atoms with Gasteiger partial charge in [0.1, 0.15) is 0 Å². The van der Waals surface area contributed by atoms with Gasteiger partial charge in [0.15, 0.2) is 29.3 Å². The molecule has 2 rings (SSSR count). The monoisotopic (exact) mass is 362 g/mol. The number of nitrogens with zero attached hydrogens (tertiary/aromatic N) is 1. The first kappa shape index (κ1) is 19.0. The van der Waals surface area contributed by atoms with E-state index < -0.39 is 35.5 Å². The molecule has 0 aliphatic heterocycles.